The largest absolute Gasteiger partial charge is 0.486 e. The van der Waals surface area contributed by atoms with E-state index in [0.717, 1.165) is 21.5 Å². The molecule has 0 aliphatic heterocycles. The molecule has 7 heteroatoms. The van der Waals surface area contributed by atoms with Gasteiger partial charge in [0.25, 0.3) is 0 Å². The van der Waals surface area contributed by atoms with Gasteiger partial charge in [0.05, 0.1) is 17.6 Å². The Morgan fingerprint density at radius 3 is 2.86 bits per heavy atom. The molecule has 0 unspecified atom stereocenters. The number of thiophene rings is 1. The number of fused-ring (bicyclic) bond motifs is 1. The number of aromatic nitrogens is 2. The summed E-state index contributed by atoms with van der Waals surface area (Å²) in [6.45, 7) is 2.90. The van der Waals surface area contributed by atoms with E-state index in [1.165, 1.54) is 0 Å². The molecular formula is C22H20ClN3O2S. The van der Waals surface area contributed by atoms with Gasteiger partial charge in [0, 0.05) is 9.90 Å². The Bertz CT molecular complexity index is 1140. The number of hydrogen-bond acceptors (Lipinski definition) is 4. The number of rotatable bonds is 7. The maximum absolute atomic E-state index is 12.5. The third-order valence-electron chi connectivity index (χ3n) is 4.57. The van der Waals surface area contributed by atoms with Crippen LogP contribution in [0.3, 0.4) is 0 Å². The second-order valence-corrected chi connectivity index (χ2v) is 8.10. The number of aryl methyl sites for hydroxylation is 1. The van der Waals surface area contributed by atoms with Gasteiger partial charge in [0.2, 0.25) is 5.91 Å². The monoisotopic (exact) mass is 425 g/mol. The molecule has 0 aliphatic rings. The number of carbonyl (C=O) groups excluding carboxylic acids is 1. The fourth-order valence-electron chi connectivity index (χ4n) is 3.07. The van der Waals surface area contributed by atoms with Crippen molar-refractivity contribution in [1.82, 2.24) is 14.9 Å². The molecule has 0 bridgehead atoms. The second-order valence-electron chi connectivity index (χ2n) is 6.66. The van der Waals surface area contributed by atoms with Crippen molar-refractivity contribution >= 4 is 39.9 Å². The summed E-state index contributed by atoms with van der Waals surface area (Å²) in [5, 5.41) is 5.67. The molecule has 4 aromatic rings. The minimum atomic E-state index is -0.0647. The van der Waals surface area contributed by atoms with Crippen LogP contribution in [0.15, 0.2) is 60.0 Å². The van der Waals surface area contributed by atoms with Crippen molar-refractivity contribution in [2.45, 2.75) is 26.6 Å². The lowest BCUT2D eigenvalue weighted by Crippen LogP contribution is -2.27. The van der Waals surface area contributed by atoms with Crippen LogP contribution in [-0.4, -0.2) is 15.5 Å². The minimum Gasteiger partial charge on any atom is -0.486 e. The molecule has 4 rings (SSSR count). The summed E-state index contributed by atoms with van der Waals surface area (Å²) in [4.78, 5) is 18.3. The molecule has 0 saturated carbocycles. The standard InChI is InChI=1S/C22H20ClN3O2S/c1-15-11-16(8-9-18(15)23)28-14-21-25-19-6-2-3-7-20(19)26(21)13-22(27)24-12-17-5-4-10-29-17/h2-11H,12-14H2,1H3,(H,24,27). The van der Waals surface area contributed by atoms with E-state index in [1.807, 2.05) is 71.5 Å². The Hall–Kier alpha value is -2.83. The van der Waals surface area contributed by atoms with Crippen LogP contribution in [0.4, 0.5) is 0 Å². The van der Waals surface area contributed by atoms with Gasteiger partial charge in [-0.25, -0.2) is 4.98 Å². The van der Waals surface area contributed by atoms with Crippen molar-refractivity contribution in [3.05, 3.63) is 81.3 Å². The molecule has 148 valence electrons. The van der Waals surface area contributed by atoms with Crippen molar-refractivity contribution in [3.8, 4) is 5.75 Å². The summed E-state index contributed by atoms with van der Waals surface area (Å²) >= 11 is 7.71. The molecule has 1 amide bonds. The van der Waals surface area contributed by atoms with Crippen molar-refractivity contribution in [3.63, 3.8) is 0 Å². The number of hydrogen-bond donors (Lipinski definition) is 1. The molecule has 2 aromatic heterocycles. The highest BCUT2D eigenvalue weighted by atomic mass is 35.5. The van der Waals surface area contributed by atoms with Gasteiger partial charge in [-0.05, 0) is 54.3 Å². The lowest BCUT2D eigenvalue weighted by molar-refractivity contribution is -0.121. The van der Waals surface area contributed by atoms with E-state index in [1.54, 1.807) is 11.3 Å². The number of imidazole rings is 1. The Labute approximate surface area is 177 Å². The molecule has 0 saturated heterocycles. The van der Waals surface area contributed by atoms with Gasteiger partial charge in [0.1, 0.15) is 24.7 Å². The van der Waals surface area contributed by atoms with Crippen molar-refractivity contribution in [2.24, 2.45) is 0 Å². The number of nitrogens with zero attached hydrogens (tertiary/aromatic N) is 2. The van der Waals surface area contributed by atoms with Gasteiger partial charge >= 0.3 is 0 Å². The summed E-state index contributed by atoms with van der Waals surface area (Å²) in [6.07, 6.45) is 0. The van der Waals surface area contributed by atoms with Gasteiger partial charge in [-0.3, -0.25) is 4.79 Å². The predicted octanol–water partition coefficient (Wildman–Crippen LogP) is 4.96. The number of amides is 1. The van der Waals surface area contributed by atoms with Crippen LogP contribution in [0.1, 0.15) is 16.3 Å². The lowest BCUT2D eigenvalue weighted by Gasteiger charge is -2.11. The average molecular weight is 426 g/mol. The van der Waals surface area contributed by atoms with Crippen molar-refractivity contribution < 1.29 is 9.53 Å². The first-order valence-electron chi connectivity index (χ1n) is 9.22. The van der Waals surface area contributed by atoms with E-state index >= 15 is 0 Å². The van der Waals surface area contributed by atoms with Crippen LogP contribution in [0.5, 0.6) is 5.75 Å². The zero-order valence-corrected chi connectivity index (χ0v) is 17.5. The number of ether oxygens (including phenoxy) is 1. The van der Waals surface area contributed by atoms with Gasteiger partial charge in [-0.2, -0.15) is 0 Å². The molecule has 5 nitrogen and oxygen atoms in total. The van der Waals surface area contributed by atoms with Crippen LogP contribution in [0.2, 0.25) is 5.02 Å². The first-order chi connectivity index (χ1) is 14.1. The topological polar surface area (TPSA) is 56.2 Å². The van der Waals surface area contributed by atoms with Crippen LogP contribution in [0.25, 0.3) is 11.0 Å². The van der Waals surface area contributed by atoms with Crippen LogP contribution < -0.4 is 10.1 Å². The van der Waals surface area contributed by atoms with Crippen LogP contribution >= 0.6 is 22.9 Å². The summed E-state index contributed by atoms with van der Waals surface area (Å²) < 4.78 is 7.83. The minimum absolute atomic E-state index is 0.0647. The van der Waals surface area contributed by atoms with Crippen LogP contribution in [-0.2, 0) is 24.5 Å². The van der Waals surface area contributed by atoms with Gasteiger partial charge in [-0.15, -0.1) is 11.3 Å². The van der Waals surface area contributed by atoms with Crippen LogP contribution in [0, 0.1) is 6.92 Å². The summed E-state index contributed by atoms with van der Waals surface area (Å²) in [7, 11) is 0. The molecule has 1 N–H and O–H groups in total. The third kappa shape index (κ3) is 4.60. The predicted molar refractivity (Wildman–Crippen MR) is 116 cm³/mol. The molecule has 2 heterocycles. The van der Waals surface area contributed by atoms with E-state index < -0.39 is 0 Å². The normalized spacial score (nSPS) is 11.0. The summed E-state index contributed by atoms with van der Waals surface area (Å²) in [5.41, 5.74) is 2.69. The van der Waals surface area contributed by atoms with Gasteiger partial charge < -0.3 is 14.6 Å². The van der Waals surface area contributed by atoms with Gasteiger partial charge in [0.15, 0.2) is 0 Å². The highest BCUT2D eigenvalue weighted by Gasteiger charge is 2.14. The number of carbonyl (C=O) groups is 1. The molecule has 0 spiro atoms. The maximum Gasteiger partial charge on any atom is 0.240 e. The van der Waals surface area contributed by atoms with E-state index in [-0.39, 0.29) is 19.1 Å². The SMILES string of the molecule is Cc1cc(OCc2nc3ccccc3n2CC(=O)NCc2cccs2)ccc1Cl. The molecule has 29 heavy (non-hydrogen) atoms. The third-order valence-corrected chi connectivity index (χ3v) is 5.87. The zero-order valence-electron chi connectivity index (χ0n) is 15.9. The Morgan fingerprint density at radius 1 is 1.21 bits per heavy atom. The molecule has 2 aromatic carbocycles. The number of halogens is 1. The zero-order chi connectivity index (χ0) is 20.2. The molecule has 0 aliphatic carbocycles. The molecule has 0 fully saturated rings. The smallest absolute Gasteiger partial charge is 0.240 e. The highest BCUT2D eigenvalue weighted by Crippen LogP contribution is 2.23. The summed E-state index contributed by atoms with van der Waals surface area (Å²) in [5.74, 6) is 1.35. The average Bonchev–Trinajstić information content (AvgIpc) is 3.36. The maximum atomic E-state index is 12.5. The Kier molecular flexibility index (Phi) is 5.83. The fourth-order valence-corrected chi connectivity index (χ4v) is 3.83. The fraction of sp³-hybridized carbons (Fsp3) is 0.182. The molecule has 0 radical (unpaired) electrons. The summed E-state index contributed by atoms with van der Waals surface area (Å²) in [6, 6.07) is 17.3. The van der Waals surface area contributed by atoms with E-state index in [4.69, 9.17) is 16.3 Å². The second kappa shape index (κ2) is 8.68. The molecular weight excluding hydrogens is 406 g/mol. The van der Waals surface area contributed by atoms with Crippen molar-refractivity contribution in [1.29, 1.82) is 0 Å². The number of nitrogens with one attached hydrogen (secondary N) is 1. The first-order valence-corrected chi connectivity index (χ1v) is 10.5. The Balaban J connectivity index is 1.52. The highest BCUT2D eigenvalue weighted by molar-refractivity contribution is 7.09. The van der Waals surface area contributed by atoms with Crippen molar-refractivity contribution in [2.75, 3.05) is 0 Å². The number of para-hydroxylation sites is 2. The number of benzene rings is 2. The Morgan fingerprint density at radius 2 is 2.07 bits per heavy atom. The van der Waals surface area contributed by atoms with E-state index in [2.05, 4.69) is 10.3 Å². The van der Waals surface area contributed by atoms with Gasteiger partial charge in [-0.1, -0.05) is 29.8 Å². The van der Waals surface area contributed by atoms with E-state index in [0.29, 0.717) is 23.1 Å². The quantitative estimate of drug-likeness (QED) is 0.455. The molecule has 0 atom stereocenters. The van der Waals surface area contributed by atoms with E-state index in [9.17, 15) is 4.79 Å². The lowest BCUT2D eigenvalue weighted by atomic mass is 10.2. The first kappa shape index (κ1) is 19.5.